The lowest BCUT2D eigenvalue weighted by atomic mass is 9.98. The molecular formula is C35H48N6O8S. The third-order valence-corrected chi connectivity index (χ3v) is 9.23. The number of carboxylic acids is 1. The normalized spacial score (nSPS) is 15.5. The summed E-state index contributed by atoms with van der Waals surface area (Å²) in [5, 5.41) is 40.5. The first-order chi connectivity index (χ1) is 23.7. The summed E-state index contributed by atoms with van der Waals surface area (Å²) in [6, 6.07) is 7.42. The van der Waals surface area contributed by atoms with Crippen molar-refractivity contribution in [1.82, 2.24) is 26.3 Å². The van der Waals surface area contributed by atoms with E-state index in [2.05, 4.69) is 26.3 Å². The number of aromatic amines is 1. The number of aliphatic hydroxyl groups excluding tert-OH is 1. The molecular weight excluding hydrogens is 664 g/mol. The van der Waals surface area contributed by atoms with Crippen LogP contribution < -0.4 is 27.0 Å². The highest BCUT2D eigenvalue weighted by molar-refractivity contribution is 7.98. The first-order valence-electron chi connectivity index (χ1n) is 16.4. The molecule has 3 rings (SSSR count). The number of para-hydroxylation sites is 1. The number of carboxylic acid groups (broad SMARTS) is 1. The molecule has 0 aliphatic rings. The van der Waals surface area contributed by atoms with Gasteiger partial charge in [-0.25, -0.2) is 4.79 Å². The Kier molecular flexibility index (Phi) is 15.1. The van der Waals surface area contributed by atoms with Crippen molar-refractivity contribution in [2.75, 3.05) is 12.0 Å². The number of thioether (sulfide) groups is 1. The maximum atomic E-state index is 14.0. The lowest BCUT2D eigenvalue weighted by molar-refractivity contribution is -0.145. The maximum absolute atomic E-state index is 14.0. The van der Waals surface area contributed by atoms with Crippen molar-refractivity contribution in [3.8, 4) is 5.75 Å². The zero-order valence-electron chi connectivity index (χ0n) is 28.6. The van der Waals surface area contributed by atoms with E-state index in [1.165, 1.54) is 30.8 Å². The van der Waals surface area contributed by atoms with Gasteiger partial charge < -0.3 is 47.3 Å². The van der Waals surface area contributed by atoms with Crippen LogP contribution in [-0.4, -0.2) is 98.2 Å². The lowest BCUT2D eigenvalue weighted by Crippen LogP contribution is -2.60. The molecule has 3 aromatic rings. The summed E-state index contributed by atoms with van der Waals surface area (Å²) in [5.74, 6) is -3.93. The van der Waals surface area contributed by atoms with E-state index >= 15 is 0 Å². The Morgan fingerprint density at radius 3 is 2.02 bits per heavy atom. The van der Waals surface area contributed by atoms with Gasteiger partial charge in [0.05, 0.1) is 12.1 Å². The Labute approximate surface area is 295 Å². The first kappa shape index (κ1) is 39.8. The molecule has 272 valence electrons. The summed E-state index contributed by atoms with van der Waals surface area (Å²) in [4.78, 5) is 69.3. The van der Waals surface area contributed by atoms with Crippen LogP contribution in [0.2, 0.25) is 0 Å². The molecule has 4 amide bonds. The van der Waals surface area contributed by atoms with Crippen LogP contribution in [0.25, 0.3) is 10.9 Å². The van der Waals surface area contributed by atoms with E-state index in [1.54, 1.807) is 18.3 Å². The number of nitrogens with one attached hydrogen (secondary N) is 5. The molecule has 0 spiro atoms. The average Bonchev–Trinajstić information content (AvgIpc) is 3.50. The molecule has 10 N–H and O–H groups in total. The molecule has 2 aromatic carbocycles. The molecule has 1 heterocycles. The Balaban J connectivity index is 1.96. The van der Waals surface area contributed by atoms with Gasteiger partial charge in [0.15, 0.2) is 6.04 Å². The van der Waals surface area contributed by atoms with Gasteiger partial charge in [-0.1, -0.05) is 50.6 Å². The van der Waals surface area contributed by atoms with Crippen molar-refractivity contribution in [3.63, 3.8) is 0 Å². The molecule has 15 heteroatoms. The fraction of sp³-hybridized carbons (Fsp3) is 0.457. The van der Waals surface area contributed by atoms with Gasteiger partial charge in [0.25, 0.3) is 0 Å². The highest BCUT2D eigenvalue weighted by atomic mass is 32.2. The Morgan fingerprint density at radius 2 is 1.42 bits per heavy atom. The van der Waals surface area contributed by atoms with E-state index in [9.17, 15) is 39.3 Å². The molecule has 0 saturated carbocycles. The quantitative estimate of drug-likeness (QED) is 0.0861. The van der Waals surface area contributed by atoms with Gasteiger partial charge in [-0.3, -0.25) is 19.2 Å². The molecule has 50 heavy (non-hydrogen) atoms. The number of amides is 4. The maximum Gasteiger partial charge on any atom is 0.328 e. The van der Waals surface area contributed by atoms with Crippen LogP contribution in [0, 0.1) is 5.92 Å². The number of nitrogens with two attached hydrogens (primary N) is 1. The number of phenols is 1. The van der Waals surface area contributed by atoms with Gasteiger partial charge in [0.2, 0.25) is 23.6 Å². The second-order valence-electron chi connectivity index (χ2n) is 12.4. The van der Waals surface area contributed by atoms with Crippen molar-refractivity contribution in [2.24, 2.45) is 11.7 Å². The van der Waals surface area contributed by atoms with Gasteiger partial charge in [-0.15, -0.1) is 0 Å². The Hall–Kier alpha value is -4.60. The highest BCUT2D eigenvalue weighted by Crippen LogP contribution is 2.20. The monoisotopic (exact) mass is 712 g/mol. The van der Waals surface area contributed by atoms with E-state index in [1.807, 2.05) is 44.4 Å². The number of aliphatic hydroxyl groups is 1. The number of carbonyl (C=O) groups is 5. The standard InChI is InChI=1S/C35H48N6O8S/c1-5-19(2)29(36)34(47)40-27(16-21-10-12-23(43)13-11-21)32(45)39-28(17-22-18-37-25-9-7-6-8-24(22)25)33(46)38-26(14-15-50-4)31(44)41-30(20(3)42)35(48)49/h6-13,18-20,26-30,37,42-43H,5,14-17,36H2,1-4H3,(H,38,46)(H,39,45)(H,40,47)(H,41,44)(H,48,49)/t19-,20+,26-,27-,28-,29-,30-/m0/s1. The molecule has 1 aromatic heterocycles. The minimum Gasteiger partial charge on any atom is -0.508 e. The number of phenolic OH excluding ortho intramolecular Hbond substituents is 1. The summed E-state index contributed by atoms with van der Waals surface area (Å²) in [5.41, 5.74) is 8.31. The van der Waals surface area contributed by atoms with Crippen LogP contribution in [0.15, 0.2) is 54.7 Å². The molecule has 0 fully saturated rings. The molecule has 14 nitrogen and oxygen atoms in total. The minimum absolute atomic E-state index is 0.00383. The summed E-state index contributed by atoms with van der Waals surface area (Å²) in [7, 11) is 0. The van der Waals surface area contributed by atoms with Crippen LogP contribution in [0.3, 0.4) is 0 Å². The molecule has 0 radical (unpaired) electrons. The van der Waals surface area contributed by atoms with Gasteiger partial charge in [0.1, 0.15) is 23.9 Å². The molecule has 0 saturated heterocycles. The molecule has 0 aliphatic heterocycles. The number of benzene rings is 2. The van der Waals surface area contributed by atoms with Crippen molar-refractivity contribution >= 4 is 52.3 Å². The number of H-pyrrole nitrogens is 1. The molecule has 0 aliphatic carbocycles. The highest BCUT2D eigenvalue weighted by Gasteiger charge is 2.33. The Morgan fingerprint density at radius 1 is 0.840 bits per heavy atom. The predicted octanol–water partition coefficient (Wildman–Crippen LogP) is 1.19. The summed E-state index contributed by atoms with van der Waals surface area (Å²) in [6.45, 7) is 4.94. The lowest BCUT2D eigenvalue weighted by Gasteiger charge is -2.27. The van der Waals surface area contributed by atoms with Crippen molar-refractivity contribution in [3.05, 3.63) is 65.9 Å². The summed E-state index contributed by atoms with van der Waals surface area (Å²) >= 11 is 1.41. The number of hydrogen-bond acceptors (Lipinski definition) is 9. The van der Waals surface area contributed by atoms with Crippen LogP contribution in [0.4, 0.5) is 0 Å². The summed E-state index contributed by atoms with van der Waals surface area (Å²) in [6.07, 6.45) is 2.89. The van der Waals surface area contributed by atoms with E-state index < -0.39 is 65.9 Å². The van der Waals surface area contributed by atoms with Gasteiger partial charge in [-0.2, -0.15) is 11.8 Å². The predicted molar refractivity (Wildman–Crippen MR) is 191 cm³/mol. The number of aromatic nitrogens is 1. The van der Waals surface area contributed by atoms with E-state index in [4.69, 9.17) is 5.73 Å². The third-order valence-electron chi connectivity index (χ3n) is 8.59. The molecule has 0 bridgehead atoms. The zero-order chi connectivity index (χ0) is 37.0. The number of hydrogen-bond donors (Lipinski definition) is 9. The van der Waals surface area contributed by atoms with Crippen LogP contribution in [0.1, 0.15) is 44.7 Å². The number of aromatic hydroxyl groups is 1. The van der Waals surface area contributed by atoms with E-state index in [0.717, 1.165) is 10.9 Å². The minimum atomic E-state index is -1.61. The van der Waals surface area contributed by atoms with Gasteiger partial charge in [0, 0.05) is 29.9 Å². The molecule has 0 unspecified atom stereocenters. The SMILES string of the molecule is CC[C@H](C)[C@H](N)C(=O)N[C@@H](Cc1ccc(O)cc1)C(=O)N[C@@H](Cc1c[nH]c2ccccc12)C(=O)N[C@@H](CCSC)C(=O)N[C@H](C(=O)O)[C@@H](C)O. The van der Waals surface area contributed by atoms with Crippen molar-refractivity contribution < 1.29 is 39.3 Å². The van der Waals surface area contributed by atoms with Crippen molar-refractivity contribution in [1.29, 1.82) is 0 Å². The largest absolute Gasteiger partial charge is 0.508 e. The topological polar surface area (TPSA) is 236 Å². The van der Waals surface area contributed by atoms with Crippen LogP contribution >= 0.6 is 11.8 Å². The fourth-order valence-corrected chi connectivity index (χ4v) is 5.75. The number of fused-ring (bicyclic) bond motifs is 1. The van der Waals surface area contributed by atoms with Gasteiger partial charge >= 0.3 is 5.97 Å². The fourth-order valence-electron chi connectivity index (χ4n) is 5.28. The van der Waals surface area contributed by atoms with Crippen molar-refractivity contribution in [2.45, 2.75) is 82.8 Å². The number of carbonyl (C=O) groups excluding carboxylic acids is 4. The Bertz CT molecular complexity index is 1610. The smallest absolute Gasteiger partial charge is 0.328 e. The van der Waals surface area contributed by atoms with Gasteiger partial charge in [-0.05, 0) is 60.6 Å². The van der Waals surface area contributed by atoms with E-state index in [0.29, 0.717) is 23.3 Å². The number of aliphatic carboxylic acids is 1. The first-order valence-corrected chi connectivity index (χ1v) is 17.8. The summed E-state index contributed by atoms with van der Waals surface area (Å²) < 4.78 is 0. The van der Waals surface area contributed by atoms with Crippen LogP contribution in [-0.2, 0) is 36.8 Å². The van der Waals surface area contributed by atoms with E-state index in [-0.39, 0.29) is 30.9 Å². The van der Waals surface area contributed by atoms with Crippen LogP contribution in [0.5, 0.6) is 5.75 Å². The average molecular weight is 713 g/mol. The zero-order valence-corrected chi connectivity index (χ0v) is 29.5. The third kappa shape index (κ3) is 11.2. The number of rotatable bonds is 19. The second-order valence-corrected chi connectivity index (χ2v) is 13.4. The second kappa shape index (κ2) is 19.0. The molecule has 7 atom stereocenters.